The molecule has 2 aromatic heterocycles. The van der Waals surface area contributed by atoms with E-state index in [-0.39, 0.29) is 17.9 Å². The van der Waals surface area contributed by atoms with Crippen molar-refractivity contribution in [1.82, 2.24) is 25.2 Å². The van der Waals surface area contributed by atoms with Crippen molar-refractivity contribution < 1.29 is 9.59 Å². The second-order valence-corrected chi connectivity index (χ2v) is 8.57. The minimum atomic E-state index is -0.270. The molecule has 0 spiro atoms. The van der Waals surface area contributed by atoms with E-state index < -0.39 is 0 Å². The van der Waals surface area contributed by atoms with Crippen molar-refractivity contribution >= 4 is 40.4 Å². The third-order valence-corrected chi connectivity index (χ3v) is 5.87. The minimum absolute atomic E-state index is 0.0585. The first kappa shape index (κ1) is 25.4. The van der Waals surface area contributed by atoms with Crippen LogP contribution in [0.15, 0.2) is 48.7 Å². The predicted molar refractivity (Wildman–Crippen MR) is 136 cm³/mol. The average Bonchev–Trinajstić information content (AvgIpc) is 3.19. The van der Waals surface area contributed by atoms with Crippen molar-refractivity contribution in [3.8, 4) is 0 Å². The fourth-order valence-electron chi connectivity index (χ4n) is 3.82. The molecule has 34 heavy (non-hydrogen) atoms. The number of hydrogen-bond acceptors (Lipinski definition) is 5. The van der Waals surface area contributed by atoms with Gasteiger partial charge in [-0.3, -0.25) is 19.9 Å². The van der Waals surface area contributed by atoms with Crippen LogP contribution in [0.3, 0.4) is 0 Å². The van der Waals surface area contributed by atoms with E-state index in [1.54, 1.807) is 25.4 Å². The van der Waals surface area contributed by atoms with Gasteiger partial charge in [-0.2, -0.15) is 0 Å². The lowest BCUT2D eigenvalue weighted by atomic mass is 10.1. The average molecular weight is 483 g/mol. The summed E-state index contributed by atoms with van der Waals surface area (Å²) in [6.07, 6.45) is 4.44. The second-order valence-electron chi connectivity index (χ2n) is 8.16. The number of carbonyl (C=O) groups is 2. The number of fused-ring (bicyclic) bond motifs is 1. The fraction of sp³-hybridized carbons (Fsp3) is 0.360. The highest BCUT2D eigenvalue weighted by Gasteiger charge is 2.23. The summed E-state index contributed by atoms with van der Waals surface area (Å²) in [7, 11) is 1.58. The van der Waals surface area contributed by atoms with Gasteiger partial charge in [0, 0.05) is 49.2 Å². The van der Waals surface area contributed by atoms with Gasteiger partial charge in [-0.15, -0.1) is 0 Å². The summed E-state index contributed by atoms with van der Waals surface area (Å²) in [6.45, 7) is 8.69. The first-order valence-electron chi connectivity index (χ1n) is 11.4. The molecule has 1 unspecified atom stereocenters. The number of halogens is 1. The Bertz CT molecular complexity index is 1190. The number of amides is 2. The molecule has 0 radical (unpaired) electrons. The van der Waals surface area contributed by atoms with E-state index >= 15 is 0 Å². The Balaban J connectivity index is 1.96. The Morgan fingerprint density at radius 3 is 2.76 bits per heavy atom. The van der Waals surface area contributed by atoms with Gasteiger partial charge in [-0.1, -0.05) is 44.0 Å². The van der Waals surface area contributed by atoms with Crippen molar-refractivity contribution in [3.05, 3.63) is 65.0 Å². The number of hydrogen-bond donors (Lipinski definition) is 3. The van der Waals surface area contributed by atoms with Gasteiger partial charge in [0.1, 0.15) is 0 Å². The molecule has 0 aliphatic carbocycles. The molecule has 2 amide bonds. The van der Waals surface area contributed by atoms with Gasteiger partial charge < -0.3 is 15.2 Å². The van der Waals surface area contributed by atoms with E-state index in [2.05, 4.69) is 34.4 Å². The highest BCUT2D eigenvalue weighted by molar-refractivity contribution is 6.35. The lowest BCUT2D eigenvalue weighted by Gasteiger charge is -2.23. The van der Waals surface area contributed by atoms with Crippen LogP contribution in [0.1, 0.15) is 48.3 Å². The molecule has 1 aromatic carbocycles. The number of aryl methyl sites for hydroxylation is 1. The number of rotatable bonds is 11. The van der Waals surface area contributed by atoms with Crippen LogP contribution in [-0.2, 0) is 4.79 Å². The number of aromatic nitrogens is 3. The van der Waals surface area contributed by atoms with Gasteiger partial charge in [-0.25, -0.2) is 4.98 Å². The van der Waals surface area contributed by atoms with Crippen LogP contribution in [0.2, 0.25) is 5.02 Å². The standard InChI is InChI=1S/C25H31ClN6O2/c1-5-6-8-19(15-28-14-16(2)23(33)27-4)32-22-20(26)9-7-10-21(22)30-25(32)31-24(34)18-11-12-29-17(3)13-18/h7,9-13,19,28H,2,5-6,8,14-15H2,1,3-4H3,(H,27,33)(H,30,31,34). The Morgan fingerprint density at radius 1 is 1.26 bits per heavy atom. The van der Waals surface area contributed by atoms with Gasteiger partial charge >= 0.3 is 0 Å². The topological polar surface area (TPSA) is 101 Å². The van der Waals surface area contributed by atoms with Gasteiger partial charge in [0.05, 0.1) is 16.1 Å². The van der Waals surface area contributed by atoms with Gasteiger partial charge in [0.25, 0.3) is 5.91 Å². The number of imidazole rings is 1. The molecule has 0 aliphatic heterocycles. The molecule has 9 heteroatoms. The molecule has 2 heterocycles. The lowest BCUT2D eigenvalue weighted by Crippen LogP contribution is -2.32. The number of pyridine rings is 1. The van der Waals surface area contributed by atoms with Crippen LogP contribution in [0.25, 0.3) is 11.0 Å². The largest absolute Gasteiger partial charge is 0.355 e. The van der Waals surface area contributed by atoms with E-state index in [4.69, 9.17) is 16.6 Å². The monoisotopic (exact) mass is 482 g/mol. The van der Waals surface area contributed by atoms with E-state index in [1.165, 1.54) is 0 Å². The highest BCUT2D eigenvalue weighted by Crippen LogP contribution is 2.32. The third kappa shape index (κ3) is 6.01. The number of carbonyl (C=O) groups excluding carboxylic acids is 2. The number of nitrogens with one attached hydrogen (secondary N) is 3. The molecule has 0 saturated heterocycles. The van der Waals surface area contributed by atoms with Gasteiger partial charge in [0.15, 0.2) is 0 Å². The molecule has 3 N–H and O–H groups in total. The first-order chi connectivity index (χ1) is 16.3. The Labute approximate surface area is 204 Å². The van der Waals surface area contributed by atoms with E-state index in [0.717, 1.165) is 30.5 Å². The normalized spacial score (nSPS) is 11.9. The molecule has 180 valence electrons. The van der Waals surface area contributed by atoms with Crippen LogP contribution < -0.4 is 16.0 Å². The second kappa shape index (κ2) is 11.8. The quantitative estimate of drug-likeness (QED) is 0.354. The van der Waals surface area contributed by atoms with Crippen LogP contribution in [0, 0.1) is 6.92 Å². The summed E-state index contributed by atoms with van der Waals surface area (Å²) in [5.41, 5.74) is 3.17. The molecule has 8 nitrogen and oxygen atoms in total. The fourth-order valence-corrected chi connectivity index (χ4v) is 4.08. The molecule has 0 aliphatic rings. The first-order valence-corrected chi connectivity index (χ1v) is 11.7. The van der Waals surface area contributed by atoms with Crippen LogP contribution in [-0.4, -0.2) is 46.5 Å². The molecule has 0 fully saturated rings. The van der Waals surface area contributed by atoms with Crippen molar-refractivity contribution in [2.75, 3.05) is 25.5 Å². The Morgan fingerprint density at radius 2 is 2.06 bits per heavy atom. The van der Waals surface area contributed by atoms with Crippen LogP contribution >= 0.6 is 11.6 Å². The number of anilines is 1. The van der Waals surface area contributed by atoms with Crippen molar-refractivity contribution in [3.63, 3.8) is 0 Å². The van der Waals surface area contributed by atoms with Crippen molar-refractivity contribution in [2.45, 2.75) is 39.2 Å². The highest BCUT2D eigenvalue weighted by atomic mass is 35.5. The third-order valence-electron chi connectivity index (χ3n) is 5.57. The predicted octanol–water partition coefficient (Wildman–Crippen LogP) is 4.27. The summed E-state index contributed by atoms with van der Waals surface area (Å²) >= 11 is 6.60. The van der Waals surface area contributed by atoms with Crippen molar-refractivity contribution in [2.24, 2.45) is 0 Å². The number of likely N-dealkylation sites (N-methyl/N-ethyl adjacent to an activating group) is 1. The summed E-state index contributed by atoms with van der Waals surface area (Å²) in [5.74, 6) is -0.0432. The zero-order chi connectivity index (χ0) is 24.7. The Hall–Kier alpha value is -3.23. The number of para-hydroxylation sites is 1. The maximum atomic E-state index is 13.0. The van der Waals surface area contributed by atoms with E-state index in [9.17, 15) is 9.59 Å². The summed E-state index contributed by atoms with van der Waals surface area (Å²) in [5, 5.41) is 9.44. The van der Waals surface area contributed by atoms with E-state index in [0.29, 0.717) is 40.7 Å². The molecule has 0 bridgehead atoms. The molecule has 0 saturated carbocycles. The minimum Gasteiger partial charge on any atom is -0.355 e. The van der Waals surface area contributed by atoms with Gasteiger partial charge in [0.2, 0.25) is 11.9 Å². The van der Waals surface area contributed by atoms with Crippen LogP contribution in [0.4, 0.5) is 5.95 Å². The number of nitrogens with zero attached hydrogens (tertiary/aromatic N) is 3. The summed E-state index contributed by atoms with van der Waals surface area (Å²) < 4.78 is 1.99. The maximum absolute atomic E-state index is 13.0. The van der Waals surface area contributed by atoms with Crippen molar-refractivity contribution in [1.29, 1.82) is 0 Å². The smallest absolute Gasteiger partial charge is 0.258 e. The lowest BCUT2D eigenvalue weighted by molar-refractivity contribution is -0.117. The molecule has 3 rings (SSSR count). The van der Waals surface area contributed by atoms with Crippen LogP contribution in [0.5, 0.6) is 0 Å². The van der Waals surface area contributed by atoms with Gasteiger partial charge in [-0.05, 0) is 37.6 Å². The number of unbranched alkanes of at least 4 members (excludes halogenated alkanes) is 1. The SMILES string of the molecule is C=C(CNCC(CCCC)n1c(NC(=O)c2ccnc(C)c2)nc2cccc(Cl)c21)C(=O)NC. The summed E-state index contributed by atoms with van der Waals surface area (Å²) in [4.78, 5) is 33.7. The molecule has 3 aromatic rings. The molecule has 1 atom stereocenters. The molecular formula is C25H31ClN6O2. The summed E-state index contributed by atoms with van der Waals surface area (Å²) in [6, 6.07) is 8.88. The van der Waals surface area contributed by atoms with E-state index in [1.807, 2.05) is 29.7 Å². The zero-order valence-electron chi connectivity index (χ0n) is 19.8. The Kier molecular flexibility index (Phi) is 8.79. The maximum Gasteiger partial charge on any atom is 0.258 e. The number of benzene rings is 1. The molecular weight excluding hydrogens is 452 g/mol. The zero-order valence-corrected chi connectivity index (χ0v) is 20.6.